The van der Waals surface area contributed by atoms with Gasteiger partial charge in [-0.2, -0.15) is 0 Å². The van der Waals surface area contributed by atoms with Gasteiger partial charge in [-0.15, -0.1) is 10.2 Å². The molecule has 7 nitrogen and oxygen atoms in total. The first-order valence-corrected chi connectivity index (χ1v) is 12.4. The van der Waals surface area contributed by atoms with Crippen molar-refractivity contribution in [3.05, 3.63) is 75.7 Å². The molecule has 0 atom stereocenters. The summed E-state index contributed by atoms with van der Waals surface area (Å²) in [7, 11) is 0. The molecule has 0 saturated heterocycles. The number of amides is 1. The number of benzene rings is 2. The summed E-state index contributed by atoms with van der Waals surface area (Å²) in [6, 6.07) is 18.4. The summed E-state index contributed by atoms with van der Waals surface area (Å²) in [6.07, 6.45) is 2.95. The van der Waals surface area contributed by atoms with Crippen molar-refractivity contribution >= 4 is 39.2 Å². The van der Waals surface area contributed by atoms with Gasteiger partial charge >= 0.3 is 4.87 Å². The number of carbonyl (C=O) groups is 1. The van der Waals surface area contributed by atoms with Gasteiger partial charge < -0.3 is 9.88 Å². The summed E-state index contributed by atoms with van der Waals surface area (Å²) in [6.45, 7) is 1.02. The second-order valence-electron chi connectivity index (χ2n) is 7.84. The Morgan fingerprint density at radius 3 is 2.66 bits per heavy atom. The highest BCUT2D eigenvalue weighted by Gasteiger charge is 2.24. The zero-order valence-corrected chi connectivity index (χ0v) is 19.1. The van der Waals surface area contributed by atoms with E-state index in [2.05, 4.69) is 27.6 Å². The van der Waals surface area contributed by atoms with Crippen LogP contribution in [0.25, 0.3) is 10.2 Å². The van der Waals surface area contributed by atoms with Crippen LogP contribution < -0.4 is 10.2 Å². The molecule has 1 N–H and O–H groups in total. The van der Waals surface area contributed by atoms with Crippen LogP contribution >= 0.6 is 23.1 Å². The molecule has 0 spiro atoms. The second-order valence-corrected chi connectivity index (χ2v) is 9.77. The molecule has 0 aliphatic heterocycles. The number of aryl methyl sites for hydroxylation is 1. The standard InChI is InChI=1S/C23H23N5O2S2/c29-21(24-17-10-11-17)15-31-22-26-25-20(27(22)13-12-16-6-2-1-3-7-16)14-28-18-8-4-5-9-19(18)32-23(28)30/h1-9,17H,10-15H2,(H,24,29). The first-order chi connectivity index (χ1) is 15.7. The molecule has 5 rings (SSSR count). The molecular weight excluding hydrogens is 442 g/mol. The molecule has 0 bridgehead atoms. The number of carbonyl (C=O) groups excluding carboxylic acids is 1. The van der Waals surface area contributed by atoms with Gasteiger partial charge in [0.2, 0.25) is 5.91 Å². The molecule has 32 heavy (non-hydrogen) atoms. The number of aromatic nitrogens is 4. The summed E-state index contributed by atoms with van der Waals surface area (Å²) in [5.74, 6) is 1.05. The first kappa shape index (κ1) is 21.0. The first-order valence-electron chi connectivity index (χ1n) is 10.6. The molecule has 2 heterocycles. The van der Waals surface area contributed by atoms with Gasteiger partial charge in [-0.05, 0) is 37.0 Å². The Bertz CT molecular complexity index is 1290. The monoisotopic (exact) mass is 465 g/mol. The molecule has 0 radical (unpaired) electrons. The Labute approximate surface area is 193 Å². The van der Waals surface area contributed by atoms with Crippen LogP contribution in [0, 0.1) is 0 Å². The quantitative estimate of drug-likeness (QED) is 0.384. The van der Waals surface area contributed by atoms with Crippen LogP contribution in [0.1, 0.15) is 24.2 Å². The van der Waals surface area contributed by atoms with E-state index in [0.29, 0.717) is 30.0 Å². The van der Waals surface area contributed by atoms with E-state index >= 15 is 0 Å². The predicted molar refractivity (Wildman–Crippen MR) is 127 cm³/mol. The normalized spacial score (nSPS) is 13.5. The van der Waals surface area contributed by atoms with Crippen LogP contribution in [-0.2, 0) is 24.3 Å². The van der Waals surface area contributed by atoms with Crippen LogP contribution in [0.5, 0.6) is 0 Å². The lowest BCUT2D eigenvalue weighted by molar-refractivity contribution is -0.118. The molecule has 2 aromatic heterocycles. The second kappa shape index (κ2) is 9.30. The number of para-hydroxylation sites is 1. The van der Waals surface area contributed by atoms with Crippen LogP contribution in [0.2, 0.25) is 0 Å². The minimum atomic E-state index is -0.0122. The third-order valence-electron chi connectivity index (χ3n) is 5.41. The van der Waals surface area contributed by atoms with E-state index in [4.69, 9.17) is 0 Å². The lowest BCUT2D eigenvalue weighted by Crippen LogP contribution is -2.27. The van der Waals surface area contributed by atoms with Crippen molar-refractivity contribution in [1.82, 2.24) is 24.6 Å². The topological polar surface area (TPSA) is 81.8 Å². The Morgan fingerprint density at radius 2 is 1.84 bits per heavy atom. The fraction of sp³-hybridized carbons (Fsp3) is 0.304. The Balaban J connectivity index is 1.40. The van der Waals surface area contributed by atoms with Crippen molar-refractivity contribution in [2.75, 3.05) is 5.75 Å². The van der Waals surface area contributed by atoms with Crippen LogP contribution in [-0.4, -0.2) is 37.0 Å². The minimum absolute atomic E-state index is 0.0122. The van der Waals surface area contributed by atoms with Gasteiger partial charge in [-0.3, -0.25) is 14.2 Å². The minimum Gasteiger partial charge on any atom is -0.353 e. The predicted octanol–water partition coefficient (Wildman–Crippen LogP) is 3.32. The maximum Gasteiger partial charge on any atom is 0.308 e. The molecule has 1 aliphatic rings. The van der Waals surface area contributed by atoms with E-state index in [-0.39, 0.29) is 10.8 Å². The van der Waals surface area contributed by atoms with E-state index < -0.39 is 0 Å². The zero-order valence-electron chi connectivity index (χ0n) is 17.4. The maximum atomic E-state index is 12.6. The highest BCUT2D eigenvalue weighted by molar-refractivity contribution is 7.99. The zero-order chi connectivity index (χ0) is 21.9. The molecule has 1 aliphatic carbocycles. The van der Waals surface area contributed by atoms with Gasteiger partial charge in [0.1, 0.15) is 0 Å². The Kier molecular flexibility index (Phi) is 6.09. The summed E-state index contributed by atoms with van der Waals surface area (Å²) in [5.41, 5.74) is 2.12. The molecular formula is C23H23N5O2S2. The smallest absolute Gasteiger partial charge is 0.308 e. The van der Waals surface area contributed by atoms with Crippen molar-refractivity contribution in [2.24, 2.45) is 0 Å². The van der Waals surface area contributed by atoms with E-state index in [0.717, 1.165) is 35.3 Å². The fourth-order valence-electron chi connectivity index (χ4n) is 3.59. The number of hydrogen-bond acceptors (Lipinski definition) is 6. The number of rotatable bonds is 9. The molecule has 1 saturated carbocycles. The third-order valence-corrected chi connectivity index (χ3v) is 7.34. The number of thioether (sulfide) groups is 1. The molecule has 2 aromatic carbocycles. The van der Waals surface area contributed by atoms with Gasteiger partial charge in [-0.1, -0.05) is 65.6 Å². The van der Waals surface area contributed by atoms with E-state index in [1.165, 1.54) is 28.7 Å². The van der Waals surface area contributed by atoms with Gasteiger partial charge in [0.25, 0.3) is 0 Å². The molecule has 1 amide bonds. The largest absolute Gasteiger partial charge is 0.353 e. The average Bonchev–Trinajstić information content (AvgIpc) is 3.45. The van der Waals surface area contributed by atoms with Gasteiger partial charge in [0.15, 0.2) is 11.0 Å². The van der Waals surface area contributed by atoms with Crippen LogP contribution in [0.4, 0.5) is 0 Å². The van der Waals surface area contributed by atoms with Gasteiger partial charge in [0.05, 0.1) is 22.5 Å². The molecule has 164 valence electrons. The number of thiazole rings is 1. The molecule has 1 fully saturated rings. The highest BCUT2D eigenvalue weighted by Crippen LogP contribution is 2.22. The maximum absolute atomic E-state index is 12.6. The van der Waals surface area contributed by atoms with Crippen molar-refractivity contribution in [3.8, 4) is 0 Å². The Hall–Kier alpha value is -2.91. The van der Waals surface area contributed by atoms with E-state index in [9.17, 15) is 9.59 Å². The van der Waals surface area contributed by atoms with Crippen molar-refractivity contribution in [3.63, 3.8) is 0 Å². The summed E-state index contributed by atoms with van der Waals surface area (Å²) >= 11 is 2.63. The van der Waals surface area contributed by atoms with Crippen LogP contribution in [0.15, 0.2) is 64.5 Å². The number of nitrogens with zero attached hydrogens (tertiary/aromatic N) is 4. The number of nitrogens with one attached hydrogen (secondary N) is 1. The number of hydrogen-bond donors (Lipinski definition) is 1. The van der Waals surface area contributed by atoms with E-state index in [1.807, 2.05) is 47.0 Å². The lowest BCUT2D eigenvalue weighted by Gasteiger charge is -2.11. The molecule has 0 unspecified atom stereocenters. The van der Waals surface area contributed by atoms with Crippen molar-refractivity contribution < 1.29 is 4.79 Å². The summed E-state index contributed by atoms with van der Waals surface area (Å²) < 4.78 is 4.75. The van der Waals surface area contributed by atoms with E-state index in [1.54, 1.807) is 4.57 Å². The Morgan fingerprint density at radius 1 is 1.06 bits per heavy atom. The average molecular weight is 466 g/mol. The summed E-state index contributed by atoms with van der Waals surface area (Å²) in [5, 5.41) is 12.5. The summed E-state index contributed by atoms with van der Waals surface area (Å²) in [4.78, 5) is 24.8. The van der Waals surface area contributed by atoms with Gasteiger partial charge in [-0.25, -0.2) is 0 Å². The third kappa shape index (κ3) is 4.78. The SMILES string of the molecule is O=C(CSc1nnc(Cn2c(=O)sc3ccccc32)n1CCc1ccccc1)NC1CC1. The highest BCUT2D eigenvalue weighted by atomic mass is 32.2. The van der Waals surface area contributed by atoms with Crippen LogP contribution in [0.3, 0.4) is 0 Å². The molecule has 9 heteroatoms. The van der Waals surface area contributed by atoms with Crippen molar-refractivity contribution in [2.45, 2.75) is 43.6 Å². The van der Waals surface area contributed by atoms with Crippen molar-refractivity contribution in [1.29, 1.82) is 0 Å². The lowest BCUT2D eigenvalue weighted by atomic mass is 10.1. The number of fused-ring (bicyclic) bond motifs is 1. The molecule has 4 aromatic rings. The van der Waals surface area contributed by atoms with Gasteiger partial charge in [0, 0.05) is 12.6 Å². The fourth-order valence-corrected chi connectivity index (χ4v) is 5.27.